The number of aryl methyl sites for hydroxylation is 2. The van der Waals surface area contributed by atoms with Crippen LogP contribution in [0.3, 0.4) is 0 Å². The molecule has 1 aromatic carbocycles. The maximum absolute atomic E-state index is 14.0. The summed E-state index contributed by atoms with van der Waals surface area (Å²) in [4.78, 5) is 4.24. The van der Waals surface area contributed by atoms with E-state index in [9.17, 15) is 8.78 Å². The molecule has 1 aromatic heterocycles. The van der Waals surface area contributed by atoms with Gasteiger partial charge in [0.2, 0.25) is 0 Å². The summed E-state index contributed by atoms with van der Waals surface area (Å²) in [5.41, 5.74) is 1.64. The molecule has 4 heteroatoms. The predicted octanol–water partition coefficient (Wildman–Crippen LogP) is 3.56. The highest BCUT2D eigenvalue weighted by molar-refractivity contribution is 5.28. The molecule has 1 N–H and O–H groups in total. The normalized spacial score (nSPS) is 12.4. The number of hydrogen-bond donors (Lipinski definition) is 1. The van der Waals surface area contributed by atoms with Gasteiger partial charge in [0.1, 0.15) is 0 Å². The first kappa shape index (κ1) is 14.6. The van der Waals surface area contributed by atoms with Crippen molar-refractivity contribution in [2.75, 3.05) is 7.05 Å². The highest BCUT2D eigenvalue weighted by Gasteiger charge is 2.18. The summed E-state index contributed by atoms with van der Waals surface area (Å²) in [6, 6.07) is 8.73. The van der Waals surface area contributed by atoms with Gasteiger partial charge in [-0.05, 0) is 44.5 Å². The first-order valence-corrected chi connectivity index (χ1v) is 6.65. The zero-order valence-corrected chi connectivity index (χ0v) is 11.7. The predicted molar refractivity (Wildman–Crippen MR) is 75.5 cm³/mol. The van der Waals surface area contributed by atoms with Gasteiger partial charge >= 0.3 is 0 Å². The summed E-state index contributed by atoms with van der Waals surface area (Å²) in [5, 5.41) is 3.04. The van der Waals surface area contributed by atoms with Gasteiger partial charge in [-0.25, -0.2) is 8.78 Å². The fourth-order valence-electron chi connectivity index (χ4n) is 2.22. The molecule has 1 atom stereocenters. The van der Waals surface area contributed by atoms with Crippen molar-refractivity contribution < 1.29 is 8.78 Å². The standard InChI is InChI=1S/C16H18F2N2/c1-11-6-8-13(16(18)15(11)17)14(19-2)9-7-12-5-3-4-10-20-12/h3-6,8,10,14,19H,7,9H2,1-2H3. The summed E-state index contributed by atoms with van der Waals surface area (Å²) < 4.78 is 27.6. The maximum atomic E-state index is 14.0. The van der Waals surface area contributed by atoms with E-state index in [-0.39, 0.29) is 6.04 Å². The summed E-state index contributed by atoms with van der Waals surface area (Å²) >= 11 is 0. The van der Waals surface area contributed by atoms with Crippen LogP contribution in [-0.2, 0) is 6.42 Å². The Morgan fingerprint density at radius 1 is 1.15 bits per heavy atom. The zero-order valence-electron chi connectivity index (χ0n) is 11.7. The van der Waals surface area contributed by atoms with E-state index in [1.54, 1.807) is 32.3 Å². The van der Waals surface area contributed by atoms with Gasteiger partial charge in [0.15, 0.2) is 11.6 Å². The molecule has 0 saturated carbocycles. The van der Waals surface area contributed by atoms with E-state index in [1.807, 2.05) is 18.2 Å². The largest absolute Gasteiger partial charge is 0.313 e. The molecule has 0 spiro atoms. The number of benzene rings is 1. The molecule has 0 bridgehead atoms. The summed E-state index contributed by atoms with van der Waals surface area (Å²) in [5.74, 6) is -1.52. The van der Waals surface area contributed by atoms with Gasteiger partial charge in [-0.1, -0.05) is 18.2 Å². The Hall–Kier alpha value is -1.81. The molecular formula is C16H18F2N2. The van der Waals surface area contributed by atoms with Gasteiger partial charge in [0.25, 0.3) is 0 Å². The average molecular weight is 276 g/mol. The van der Waals surface area contributed by atoms with Crippen LogP contribution in [-0.4, -0.2) is 12.0 Å². The van der Waals surface area contributed by atoms with E-state index >= 15 is 0 Å². The van der Waals surface area contributed by atoms with E-state index in [2.05, 4.69) is 10.3 Å². The number of halogens is 2. The molecule has 0 aliphatic carbocycles. The van der Waals surface area contributed by atoms with E-state index in [0.29, 0.717) is 24.0 Å². The Balaban J connectivity index is 2.15. The molecule has 106 valence electrons. The minimum atomic E-state index is -0.763. The third-order valence-electron chi connectivity index (χ3n) is 3.44. The monoisotopic (exact) mass is 276 g/mol. The highest BCUT2D eigenvalue weighted by Crippen LogP contribution is 2.24. The van der Waals surface area contributed by atoms with Crippen LogP contribution in [0.5, 0.6) is 0 Å². The van der Waals surface area contributed by atoms with Gasteiger partial charge in [-0.15, -0.1) is 0 Å². The lowest BCUT2D eigenvalue weighted by molar-refractivity contribution is 0.459. The SMILES string of the molecule is CNC(CCc1ccccn1)c1ccc(C)c(F)c1F. The van der Waals surface area contributed by atoms with Gasteiger partial charge in [0.05, 0.1) is 0 Å². The van der Waals surface area contributed by atoms with E-state index in [4.69, 9.17) is 0 Å². The Kier molecular flexibility index (Phi) is 4.79. The Morgan fingerprint density at radius 3 is 2.60 bits per heavy atom. The Morgan fingerprint density at radius 2 is 1.95 bits per heavy atom. The minimum Gasteiger partial charge on any atom is -0.313 e. The van der Waals surface area contributed by atoms with Crippen molar-refractivity contribution >= 4 is 0 Å². The molecule has 0 aliphatic rings. The molecule has 2 nitrogen and oxygen atoms in total. The van der Waals surface area contributed by atoms with E-state index in [1.165, 1.54) is 0 Å². The van der Waals surface area contributed by atoms with Crippen molar-refractivity contribution in [3.63, 3.8) is 0 Å². The number of aromatic nitrogens is 1. The molecule has 1 heterocycles. The zero-order chi connectivity index (χ0) is 14.5. The van der Waals surface area contributed by atoms with Gasteiger partial charge in [-0.3, -0.25) is 4.98 Å². The summed E-state index contributed by atoms with van der Waals surface area (Å²) in [7, 11) is 1.75. The first-order chi connectivity index (χ1) is 9.63. The second-order valence-corrected chi connectivity index (χ2v) is 4.80. The van der Waals surface area contributed by atoms with Crippen molar-refractivity contribution in [3.8, 4) is 0 Å². The molecule has 20 heavy (non-hydrogen) atoms. The van der Waals surface area contributed by atoms with Crippen molar-refractivity contribution in [1.82, 2.24) is 10.3 Å². The van der Waals surface area contributed by atoms with E-state index in [0.717, 1.165) is 5.69 Å². The lowest BCUT2D eigenvalue weighted by Gasteiger charge is -2.18. The lowest BCUT2D eigenvalue weighted by atomic mass is 9.99. The van der Waals surface area contributed by atoms with E-state index < -0.39 is 11.6 Å². The third-order valence-corrected chi connectivity index (χ3v) is 3.44. The van der Waals surface area contributed by atoms with Crippen LogP contribution in [0, 0.1) is 18.6 Å². The van der Waals surface area contributed by atoms with Crippen LogP contribution < -0.4 is 5.32 Å². The van der Waals surface area contributed by atoms with Crippen LogP contribution >= 0.6 is 0 Å². The van der Waals surface area contributed by atoms with Crippen LogP contribution in [0.4, 0.5) is 8.78 Å². The third kappa shape index (κ3) is 3.20. The fraction of sp³-hybridized carbons (Fsp3) is 0.312. The number of hydrogen-bond acceptors (Lipinski definition) is 2. The number of nitrogens with zero attached hydrogens (tertiary/aromatic N) is 1. The van der Waals surface area contributed by atoms with Crippen molar-refractivity contribution in [1.29, 1.82) is 0 Å². The smallest absolute Gasteiger partial charge is 0.163 e. The molecule has 0 radical (unpaired) electrons. The highest BCUT2D eigenvalue weighted by atomic mass is 19.2. The number of pyridine rings is 1. The number of rotatable bonds is 5. The van der Waals surface area contributed by atoms with Crippen molar-refractivity contribution in [3.05, 3.63) is 65.0 Å². The Labute approximate surface area is 117 Å². The van der Waals surface area contributed by atoms with Crippen LogP contribution in [0.25, 0.3) is 0 Å². The molecule has 2 rings (SSSR count). The lowest BCUT2D eigenvalue weighted by Crippen LogP contribution is -2.19. The topological polar surface area (TPSA) is 24.9 Å². The summed E-state index contributed by atoms with van der Waals surface area (Å²) in [6.07, 6.45) is 3.10. The molecule has 0 saturated heterocycles. The van der Waals surface area contributed by atoms with Crippen LogP contribution in [0.2, 0.25) is 0 Å². The molecule has 1 unspecified atom stereocenters. The number of nitrogens with one attached hydrogen (secondary N) is 1. The van der Waals surface area contributed by atoms with Crippen LogP contribution in [0.1, 0.15) is 29.3 Å². The average Bonchev–Trinajstić information content (AvgIpc) is 2.48. The van der Waals surface area contributed by atoms with Gasteiger partial charge in [-0.2, -0.15) is 0 Å². The van der Waals surface area contributed by atoms with Crippen molar-refractivity contribution in [2.24, 2.45) is 0 Å². The quantitative estimate of drug-likeness (QED) is 0.903. The van der Waals surface area contributed by atoms with Gasteiger partial charge < -0.3 is 5.32 Å². The molecule has 2 aromatic rings. The second-order valence-electron chi connectivity index (χ2n) is 4.80. The minimum absolute atomic E-state index is 0.230. The summed E-state index contributed by atoms with van der Waals surface area (Å²) in [6.45, 7) is 1.56. The fourth-order valence-corrected chi connectivity index (χ4v) is 2.22. The van der Waals surface area contributed by atoms with Crippen molar-refractivity contribution in [2.45, 2.75) is 25.8 Å². The molecule has 0 fully saturated rings. The van der Waals surface area contributed by atoms with Crippen LogP contribution in [0.15, 0.2) is 36.5 Å². The van der Waals surface area contributed by atoms with Gasteiger partial charge in [0, 0.05) is 23.5 Å². The molecular weight excluding hydrogens is 258 g/mol. The first-order valence-electron chi connectivity index (χ1n) is 6.65. The second kappa shape index (κ2) is 6.57. The Bertz CT molecular complexity index is 570. The maximum Gasteiger partial charge on any atom is 0.163 e. The molecule has 0 amide bonds. The molecule has 0 aliphatic heterocycles.